The van der Waals surface area contributed by atoms with Gasteiger partial charge >= 0.3 is 5.97 Å². The van der Waals surface area contributed by atoms with Gasteiger partial charge < -0.3 is 15.8 Å². The van der Waals surface area contributed by atoms with E-state index in [1.807, 2.05) is 0 Å². The van der Waals surface area contributed by atoms with Crippen LogP contribution in [0.2, 0.25) is 0 Å². The number of carbonyl (C=O) groups is 1. The summed E-state index contributed by atoms with van der Waals surface area (Å²) in [4.78, 5) is 33.1. The first-order valence-electron chi connectivity index (χ1n) is 5.20. The highest BCUT2D eigenvalue weighted by molar-refractivity contribution is 7.99. The molecule has 0 aliphatic carbocycles. The van der Waals surface area contributed by atoms with Crippen LogP contribution in [0, 0.1) is 6.92 Å². The van der Waals surface area contributed by atoms with Crippen LogP contribution in [0.3, 0.4) is 0 Å². The van der Waals surface area contributed by atoms with Gasteiger partial charge in [-0.25, -0.2) is 9.78 Å². The lowest BCUT2D eigenvalue weighted by molar-refractivity contribution is 0.0692. The van der Waals surface area contributed by atoms with Gasteiger partial charge in [0, 0.05) is 22.9 Å². The summed E-state index contributed by atoms with van der Waals surface area (Å²) >= 11 is 1.02. The van der Waals surface area contributed by atoms with Crippen LogP contribution in [0.15, 0.2) is 33.2 Å². The monoisotopic (exact) mass is 278 g/mol. The molecule has 0 amide bonds. The number of nitrogens with two attached hydrogens (primary N) is 1. The Hall–Kier alpha value is -2.35. The third kappa shape index (κ3) is 3.10. The minimum Gasteiger partial charge on any atom is -0.478 e. The summed E-state index contributed by atoms with van der Waals surface area (Å²) in [6.45, 7) is 1.74. The molecule has 0 fully saturated rings. The van der Waals surface area contributed by atoms with Crippen molar-refractivity contribution >= 4 is 23.5 Å². The number of nitrogen functional groups attached to an aromatic ring is 1. The fourth-order valence-corrected chi connectivity index (χ4v) is 2.38. The van der Waals surface area contributed by atoms with Gasteiger partial charge in [0.15, 0.2) is 5.16 Å². The minimum absolute atomic E-state index is 0.0423. The fourth-order valence-electron chi connectivity index (χ4n) is 1.39. The van der Waals surface area contributed by atoms with Gasteiger partial charge in [0.2, 0.25) is 0 Å². The van der Waals surface area contributed by atoms with Gasteiger partial charge in [-0.15, -0.1) is 0 Å². The van der Waals surface area contributed by atoms with Crippen molar-refractivity contribution in [2.45, 2.75) is 17.0 Å². The van der Waals surface area contributed by atoms with Crippen LogP contribution in [0.5, 0.6) is 0 Å². The largest absolute Gasteiger partial charge is 0.478 e. The third-order valence-corrected chi connectivity index (χ3v) is 3.12. The quantitative estimate of drug-likeness (QED) is 0.713. The smallest absolute Gasteiger partial charge is 0.338 e. The van der Waals surface area contributed by atoms with E-state index in [4.69, 9.17) is 10.8 Å². The number of anilines is 1. The van der Waals surface area contributed by atoms with Gasteiger partial charge in [-0.1, -0.05) is 11.8 Å². The maximum atomic E-state index is 11.3. The molecule has 0 aromatic carbocycles. The number of carboxylic acids is 1. The third-order valence-electron chi connectivity index (χ3n) is 2.18. The van der Waals surface area contributed by atoms with Crippen molar-refractivity contribution < 1.29 is 9.90 Å². The number of nitrogens with zero attached hydrogens (tertiary/aromatic N) is 2. The molecule has 0 saturated heterocycles. The van der Waals surface area contributed by atoms with Crippen molar-refractivity contribution in [3.05, 3.63) is 39.9 Å². The molecule has 0 bridgehead atoms. The Balaban J connectivity index is 2.45. The van der Waals surface area contributed by atoms with Crippen molar-refractivity contribution in [1.82, 2.24) is 15.0 Å². The van der Waals surface area contributed by atoms with E-state index in [0.29, 0.717) is 10.6 Å². The van der Waals surface area contributed by atoms with E-state index >= 15 is 0 Å². The average molecular weight is 278 g/mol. The average Bonchev–Trinajstić information content (AvgIpc) is 2.26. The standard InChI is InChI=1S/C11H10N4O3S/c1-5-2-7(6(4-13-5)10(17)18)19-11-14-8(12)3-9(16)15-11/h2-4H,1H3,(H,17,18)(H3,12,14,15,16). The number of nitrogens with one attached hydrogen (secondary N) is 1. The number of aryl methyl sites for hydroxylation is 1. The zero-order valence-corrected chi connectivity index (χ0v) is 10.7. The molecule has 0 atom stereocenters. The van der Waals surface area contributed by atoms with Crippen LogP contribution < -0.4 is 11.3 Å². The Morgan fingerprint density at radius 1 is 1.47 bits per heavy atom. The van der Waals surface area contributed by atoms with Crippen LogP contribution in [0.1, 0.15) is 16.1 Å². The number of rotatable bonds is 3. The summed E-state index contributed by atoms with van der Waals surface area (Å²) in [6, 6.07) is 2.76. The zero-order chi connectivity index (χ0) is 14.0. The Morgan fingerprint density at radius 2 is 2.21 bits per heavy atom. The second-order valence-corrected chi connectivity index (χ2v) is 4.74. The summed E-state index contributed by atoms with van der Waals surface area (Å²) in [5.74, 6) is -1.02. The number of aromatic carboxylic acids is 1. The Kier molecular flexibility index (Phi) is 3.52. The molecule has 4 N–H and O–H groups in total. The second kappa shape index (κ2) is 5.11. The predicted molar refractivity (Wildman–Crippen MR) is 69.3 cm³/mol. The van der Waals surface area contributed by atoms with Crippen LogP contribution in [-0.4, -0.2) is 26.0 Å². The molecule has 19 heavy (non-hydrogen) atoms. The number of hydrogen-bond donors (Lipinski definition) is 3. The number of aromatic nitrogens is 3. The van der Waals surface area contributed by atoms with E-state index in [1.165, 1.54) is 6.20 Å². The highest BCUT2D eigenvalue weighted by Gasteiger charge is 2.13. The first-order chi connectivity index (χ1) is 8.95. The molecule has 8 heteroatoms. The minimum atomic E-state index is -1.10. The van der Waals surface area contributed by atoms with Crippen LogP contribution in [-0.2, 0) is 0 Å². The van der Waals surface area contributed by atoms with E-state index in [0.717, 1.165) is 17.8 Å². The number of H-pyrrole nitrogens is 1. The number of aromatic amines is 1. The number of hydrogen-bond acceptors (Lipinski definition) is 6. The van der Waals surface area contributed by atoms with E-state index in [2.05, 4.69) is 15.0 Å². The molecule has 2 aromatic heterocycles. The normalized spacial score (nSPS) is 10.4. The molecule has 0 aliphatic rings. The summed E-state index contributed by atoms with van der Waals surface area (Å²) in [6.07, 6.45) is 1.27. The molecule has 7 nitrogen and oxygen atoms in total. The Labute approximate surface area is 111 Å². The van der Waals surface area contributed by atoms with Crippen molar-refractivity contribution in [1.29, 1.82) is 0 Å². The van der Waals surface area contributed by atoms with E-state index in [1.54, 1.807) is 13.0 Å². The molecule has 0 aliphatic heterocycles. The van der Waals surface area contributed by atoms with E-state index < -0.39 is 11.5 Å². The second-order valence-electron chi connectivity index (χ2n) is 3.70. The molecule has 0 unspecified atom stereocenters. The lowest BCUT2D eigenvalue weighted by Gasteiger charge is -2.06. The molecule has 2 rings (SSSR count). The first kappa shape index (κ1) is 13.1. The molecular formula is C11H10N4O3S. The molecular weight excluding hydrogens is 268 g/mol. The summed E-state index contributed by atoms with van der Waals surface area (Å²) in [7, 11) is 0. The van der Waals surface area contributed by atoms with Crippen LogP contribution in [0.4, 0.5) is 5.82 Å². The first-order valence-corrected chi connectivity index (χ1v) is 6.02. The van der Waals surface area contributed by atoms with Gasteiger partial charge in [-0.3, -0.25) is 9.78 Å². The summed E-state index contributed by atoms with van der Waals surface area (Å²) < 4.78 is 0. The maximum absolute atomic E-state index is 11.3. The molecule has 2 heterocycles. The van der Waals surface area contributed by atoms with Crippen LogP contribution >= 0.6 is 11.8 Å². The van der Waals surface area contributed by atoms with Crippen molar-refractivity contribution in [3.63, 3.8) is 0 Å². The van der Waals surface area contributed by atoms with Gasteiger partial charge in [0.1, 0.15) is 5.82 Å². The summed E-state index contributed by atoms with van der Waals surface area (Å²) in [5.41, 5.74) is 5.78. The van der Waals surface area contributed by atoms with Gasteiger partial charge in [0.25, 0.3) is 5.56 Å². The van der Waals surface area contributed by atoms with E-state index in [-0.39, 0.29) is 16.5 Å². The highest BCUT2D eigenvalue weighted by atomic mass is 32.2. The SMILES string of the molecule is Cc1cc(Sc2nc(N)cc(=O)[nH]2)c(C(=O)O)cn1. The molecule has 98 valence electrons. The van der Waals surface area contributed by atoms with Gasteiger partial charge in [0.05, 0.1) is 5.56 Å². The topological polar surface area (TPSA) is 122 Å². The van der Waals surface area contributed by atoms with Gasteiger partial charge in [-0.2, -0.15) is 0 Å². The molecule has 0 spiro atoms. The Bertz CT molecular complexity index is 699. The van der Waals surface area contributed by atoms with Crippen LogP contribution in [0.25, 0.3) is 0 Å². The fraction of sp³-hybridized carbons (Fsp3) is 0.0909. The van der Waals surface area contributed by atoms with Crippen molar-refractivity contribution in [3.8, 4) is 0 Å². The maximum Gasteiger partial charge on any atom is 0.338 e. The molecule has 2 aromatic rings. The number of carboxylic acid groups (broad SMARTS) is 1. The highest BCUT2D eigenvalue weighted by Crippen LogP contribution is 2.28. The molecule has 0 radical (unpaired) electrons. The number of pyridine rings is 1. The predicted octanol–water partition coefficient (Wildman–Crippen LogP) is 0.905. The van der Waals surface area contributed by atoms with Crippen molar-refractivity contribution in [2.24, 2.45) is 0 Å². The molecule has 0 saturated carbocycles. The lowest BCUT2D eigenvalue weighted by atomic mass is 10.2. The lowest BCUT2D eigenvalue weighted by Crippen LogP contribution is -2.09. The zero-order valence-electron chi connectivity index (χ0n) is 9.88. The van der Waals surface area contributed by atoms with Crippen molar-refractivity contribution in [2.75, 3.05) is 5.73 Å². The Morgan fingerprint density at radius 3 is 2.84 bits per heavy atom. The summed E-state index contributed by atoms with van der Waals surface area (Å²) in [5, 5.41) is 9.31. The van der Waals surface area contributed by atoms with Gasteiger partial charge in [-0.05, 0) is 13.0 Å². The van der Waals surface area contributed by atoms with E-state index in [9.17, 15) is 9.59 Å².